The van der Waals surface area contributed by atoms with Crippen LogP contribution in [0.3, 0.4) is 0 Å². The van der Waals surface area contributed by atoms with Gasteiger partial charge in [0.25, 0.3) is 0 Å². The van der Waals surface area contributed by atoms with Gasteiger partial charge in [0.15, 0.2) is 18.4 Å². The molecule has 27 heavy (non-hydrogen) atoms. The summed E-state index contributed by atoms with van der Waals surface area (Å²) < 4.78 is 13.4. The first kappa shape index (κ1) is 20.4. The minimum absolute atomic E-state index is 0.207. The van der Waals surface area contributed by atoms with Crippen molar-refractivity contribution in [3.8, 4) is 0 Å². The Morgan fingerprint density at radius 1 is 1.41 bits per heavy atom. The van der Waals surface area contributed by atoms with Gasteiger partial charge < -0.3 is 30.7 Å². The zero-order valence-corrected chi connectivity index (χ0v) is 17.0. The second-order valence-corrected chi connectivity index (χ2v) is 12.1. The number of fused-ring (bicyclic) bond motifs is 1. The summed E-state index contributed by atoms with van der Waals surface area (Å²) in [4.78, 5) is 8.61. The molecule has 0 spiro atoms. The van der Waals surface area contributed by atoms with E-state index in [9.17, 15) is 10.2 Å². The Labute approximate surface area is 159 Å². The van der Waals surface area contributed by atoms with Crippen molar-refractivity contribution in [1.29, 1.82) is 0 Å². The molecule has 3 rings (SSSR count). The lowest BCUT2D eigenvalue weighted by molar-refractivity contribution is -0.0364. The number of ether oxygens (including phenoxy) is 2. The van der Waals surface area contributed by atoms with Crippen LogP contribution in [0.1, 0.15) is 37.9 Å². The van der Waals surface area contributed by atoms with E-state index in [2.05, 4.69) is 34.9 Å². The third-order valence-electron chi connectivity index (χ3n) is 4.67. The molecule has 1 saturated heterocycles. The molecule has 0 aromatic carbocycles. The summed E-state index contributed by atoms with van der Waals surface area (Å²) >= 11 is 0. The third kappa shape index (κ3) is 4.38. The number of aliphatic hydroxyl groups excluding tert-OH is 2. The Morgan fingerprint density at radius 2 is 2.15 bits per heavy atom. The van der Waals surface area contributed by atoms with Crippen molar-refractivity contribution in [1.82, 2.24) is 9.55 Å². The average molecular weight is 399 g/mol. The minimum Gasteiger partial charge on any atom is -0.388 e. The highest BCUT2D eigenvalue weighted by atomic mass is 31.2. The summed E-state index contributed by atoms with van der Waals surface area (Å²) in [7, 11) is 0. The Hall–Kier alpha value is -1.38. The van der Waals surface area contributed by atoms with Crippen LogP contribution in [0.2, 0.25) is 0 Å². The number of anilines is 1. The number of nitrogens with one attached hydrogen (secondary N) is 1. The molecule has 5 atom stereocenters. The summed E-state index contributed by atoms with van der Waals surface area (Å²) in [6.07, 6.45) is 4.25. The number of nitrogens with zero attached hydrogens (tertiary/aromatic N) is 3. The van der Waals surface area contributed by atoms with E-state index in [1.54, 1.807) is 10.9 Å². The van der Waals surface area contributed by atoms with Crippen molar-refractivity contribution in [2.45, 2.75) is 50.5 Å². The fraction of sp³-hybridized carbons (Fsp3) is 0.706. The molecule has 1 fully saturated rings. The highest BCUT2D eigenvalue weighted by Crippen LogP contribution is 2.41. The monoisotopic (exact) mass is 399 g/mol. The molecule has 152 valence electrons. The van der Waals surface area contributed by atoms with Gasteiger partial charge in [0.2, 0.25) is 0 Å². The van der Waals surface area contributed by atoms with Crippen LogP contribution in [0, 0.1) is 0 Å². The quantitative estimate of drug-likeness (QED) is 0.499. The van der Waals surface area contributed by atoms with E-state index in [0.29, 0.717) is 24.5 Å². The SMILES string of the molecule is C=P(C)(C)CC[C@H]1OC(n2cnc3c2NC(N)=NC3OCCC)[C@H](O)[C@@H]1O. The van der Waals surface area contributed by atoms with Crippen molar-refractivity contribution in [2.24, 2.45) is 10.7 Å². The number of nitrogens with two attached hydrogens (primary N) is 1. The number of aliphatic imine (C=N–C) groups is 1. The molecule has 3 heterocycles. The molecule has 5 N–H and O–H groups in total. The van der Waals surface area contributed by atoms with Crippen LogP contribution < -0.4 is 11.1 Å². The van der Waals surface area contributed by atoms with E-state index in [4.69, 9.17) is 15.2 Å². The maximum atomic E-state index is 10.6. The zero-order chi connectivity index (χ0) is 19.8. The molecule has 2 aliphatic heterocycles. The van der Waals surface area contributed by atoms with Crippen LogP contribution in [0.25, 0.3) is 0 Å². The smallest absolute Gasteiger partial charge is 0.198 e. The van der Waals surface area contributed by atoms with Gasteiger partial charge in [-0.1, -0.05) is 6.92 Å². The number of hydrogen-bond acceptors (Lipinski definition) is 8. The molecule has 9 nitrogen and oxygen atoms in total. The Bertz CT molecular complexity index is 746. The number of rotatable bonds is 7. The lowest BCUT2D eigenvalue weighted by atomic mass is 10.1. The van der Waals surface area contributed by atoms with Gasteiger partial charge in [-0.2, -0.15) is 0 Å². The van der Waals surface area contributed by atoms with Crippen LogP contribution in [-0.2, 0) is 9.47 Å². The van der Waals surface area contributed by atoms with Gasteiger partial charge in [0.1, 0.15) is 23.7 Å². The molecule has 1 aromatic heterocycles. The van der Waals surface area contributed by atoms with Crippen molar-refractivity contribution in [2.75, 3.05) is 31.4 Å². The Balaban J connectivity index is 1.80. The van der Waals surface area contributed by atoms with Crippen LogP contribution >= 0.6 is 6.89 Å². The van der Waals surface area contributed by atoms with E-state index in [0.717, 1.165) is 12.6 Å². The van der Waals surface area contributed by atoms with E-state index in [1.165, 1.54) is 0 Å². The van der Waals surface area contributed by atoms with Crippen molar-refractivity contribution in [3.05, 3.63) is 12.0 Å². The van der Waals surface area contributed by atoms with Crippen molar-refractivity contribution in [3.63, 3.8) is 0 Å². The van der Waals surface area contributed by atoms with Gasteiger partial charge in [-0.05, 0) is 32.3 Å². The summed E-state index contributed by atoms with van der Waals surface area (Å²) in [6.45, 7) is 5.56. The zero-order valence-electron chi connectivity index (χ0n) is 16.1. The number of aliphatic hydroxyl groups is 2. The number of aromatic nitrogens is 2. The van der Waals surface area contributed by atoms with Crippen LogP contribution in [0.4, 0.5) is 5.82 Å². The predicted octanol–water partition coefficient (Wildman–Crippen LogP) is 0.767. The van der Waals surface area contributed by atoms with E-state index in [-0.39, 0.29) is 5.96 Å². The topological polar surface area (TPSA) is 127 Å². The molecule has 2 aliphatic rings. The summed E-state index contributed by atoms with van der Waals surface area (Å²) in [6, 6.07) is 0. The maximum Gasteiger partial charge on any atom is 0.198 e. The first-order valence-corrected chi connectivity index (χ1v) is 12.2. The van der Waals surface area contributed by atoms with E-state index in [1.807, 2.05) is 6.92 Å². The molecule has 10 heteroatoms. The molecule has 0 aliphatic carbocycles. The first-order chi connectivity index (χ1) is 12.7. The molecular formula is C17H30N5O4P. The third-order valence-corrected chi connectivity index (χ3v) is 6.14. The number of guanidine groups is 1. The van der Waals surface area contributed by atoms with Crippen molar-refractivity contribution >= 4 is 25.0 Å². The largest absolute Gasteiger partial charge is 0.388 e. The van der Waals surface area contributed by atoms with Gasteiger partial charge in [0.05, 0.1) is 12.4 Å². The van der Waals surface area contributed by atoms with Gasteiger partial charge in [-0.15, -0.1) is 13.2 Å². The molecule has 0 saturated carbocycles. The molecule has 0 amide bonds. The molecular weight excluding hydrogens is 369 g/mol. The standard InChI is InChI=1S/C17H30N5O4P/c1-5-7-25-15-11-14(20-17(18)21-15)22(9-19-11)16-13(24)12(23)10(26-16)6-8-27(2,3)4/h9-10,12-13,15-16,23-24H,2,5-8H2,1,3-4H3,(H3,18,20,21)/t10-,12-,13-,15?,16?/m1/s1. The normalized spacial score (nSPS) is 30.7. The number of imidazole rings is 1. The molecule has 1 aromatic rings. The molecule has 2 unspecified atom stereocenters. The second-order valence-electron chi connectivity index (χ2n) is 7.74. The Morgan fingerprint density at radius 3 is 2.81 bits per heavy atom. The molecule has 0 bridgehead atoms. The highest BCUT2D eigenvalue weighted by Gasteiger charge is 2.45. The van der Waals surface area contributed by atoms with Gasteiger partial charge in [-0.3, -0.25) is 4.57 Å². The number of hydrogen-bond donors (Lipinski definition) is 4. The van der Waals surface area contributed by atoms with E-state index >= 15 is 0 Å². The minimum atomic E-state index is -1.24. The first-order valence-electron chi connectivity index (χ1n) is 9.19. The summed E-state index contributed by atoms with van der Waals surface area (Å²) in [5, 5.41) is 24.0. The van der Waals surface area contributed by atoms with Crippen LogP contribution in [0.5, 0.6) is 0 Å². The van der Waals surface area contributed by atoms with Gasteiger partial charge in [0, 0.05) is 6.61 Å². The fourth-order valence-electron chi connectivity index (χ4n) is 3.24. The fourth-order valence-corrected chi connectivity index (χ4v) is 4.19. The Kier molecular flexibility index (Phi) is 5.98. The van der Waals surface area contributed by atoms with Gasteiger partial charge in [-0.25, -0.2) is 9.98 Å². The average Bonchev–Trinajstić information content (AvgIpc) is 3.12. The van der Waals surface area contributed by atoms with E-state index < -0.39 is 37.7 Å². The second kappa shape index (κ2) is 7.93. The summed E-state index contributed by atoms with van der Waals surface area (Å²) in [5.41, 5.74) is 6.46. The lowest BCUT2D eigenvalue weighted by Gasteiger charge is -2.24. The summed E-state index contributed by atoms with van der Waals surface area (Å²) in [5.74, 6) is 0.768. The van der Waals surface area contributed by atoms with Crippen LogP contribution in [-0.4, -0.2) is 76.4 Å². The highest BCUT2D eigenvalue weighted by molar-refractivity contribution is 7.72. The lowest BCUT2D eigenvalue weighted by Crippen LogP contribution is -2.33. The van der Waals surface area contributed by atoms with Crippen LogP contribution in [0.15, 0.2) is 11.3 Å². The molecule has 0 radical (unpaired) electrons. The predicted molar refractivity (Wildman–Crippen MR) is 108 cm³/mol. The maximum absolute atomic E-state index is 10.6. The van der Waals surface area contributed by atoms with Crippen molar-refractivity contribution < 1.29 is 19.7 Å². The van der Waals surface area contributed by atoms with Gasteiger partial charge >= 0.3 is 0 Å².